The van der Waals surface area contributed by atoms with Crippen LogP contribution < -0.4 is 20.1 Å². The van der Waals surface area contributed by atoms with Crippen molar-refractivity contribution in [2.75, 3.05) is 30.9 Å². The molecule has 1 aromatic heterocycles. The highest BCUT2D eigenvalue weighted by Gasteiger charge is 2.06. The Morgan fingerprint density at radius 3 is 2.52 bits per heavy atom. The summed E-state index contributed by atoms with van der Waals surface area (Å²) < 4.78 is 37.4. The number of nitrogens with zero attached hydrogens (tertiary/aromatic N) is 2. The van der Waals surface area contributed by atoms with Crippen LogP contribution in [0.2, 0.25) is 0 Å². The van der Waals surface area contributed by atoms with E-state index in [-0.39, 0.29) is 11.6 Å². The number of benzene rings is 2. The number of anilines is 3. The molecule has 2 N–H and O–H groups in total. The van der Waals surface area contributed by atoms with Crippen LogP contribution in [0.1, 0.15) is 0 Å². The maximum absolute atomic E-state index is 13.7. The van der Waals surface area contributed by atoms with Crippen molar-refractivity contribution in [3.63, 3.8) is 0 Å². The van der Waals surface area contributed by atoms with E-state index in [1.807, 2.05) is 24.3 Å². The van der Waals surface area contributed by atoms with Gasteiger partial charge in [-0.3, -0.25) is 0 Å². The van der Waals surface area contributed by atoms with Crippen molar-refractivity contribution >= 4 is 17.5 Å². The Kier molecular flexibility index (Phi) is 5.98. The molecule has 3 rings (SSSR count). The van der Waals surface area contributed by atoms with E-state index in [0.717, 1.165) is 23.6 Å². The van der Waals surface area contributed by atoms with Crippen molar-refractivity contribution in [2.24, 2.45) is 0 Å². The Balaban J connectivity index is 1.51. The van der Waals surface area contributed by atoms with Crippen LogP contribution in [0, 0.1) is 11.6 Å². The lowest BCUT2D eigenvalue weighted by Crippen LogP contribution is -2.13. The fraction of sp³-hybridized carbons (Fsp3) is 0.158. The average molecular weight is 372 g/mol. The molecule has 0 fully saturated rings. The number of hydrogen-bond donors (Lipinski definition) is 2. The molecule has 0 aliphatic rings. The molecule has 0 saturated heterocycles. The molecular weight excluding hydrogens is 354 g/mol. The van der Waals surface area contributed by atoms with Crippen molar-refractivity contribution in [3.05, 3.63) is 66.4 Å². The summed E-state index contributed by atoms with van der Waals surface area (Å²) >= 11 is 0. The normalized spacial score (nSPS) is 10.3. The zero-order chi connectivity index (χ0) is 19.1. The molecule has 8 heteroatoms. The van der Waals surface area contributed by atoms with Crippen LogP contribution in [-0.4, -0.2) is 30.2 Å². The molecule has 0 amide bonds. The van der Waals surface area contributed by atoms with Gasteiger partial charge in [0, 0.05) is 12.3 Å². The number of ether oxygens (including phenoxy) is 2. The SMILES string of the molecule is COc1ccc(OCCNc2ccnc(Nc3ccc(F)cc3F)n2)cc1. The Bertz CT molecular complexity index is 891. The van der Waals surface area contributed by atoms with Crippen LogP contribution in [0.4, 0.5) is 26.2 Å². The Morgan fingerprint density at radius 1 is 1.00 bits per heavy atom. The summed E-state index contributed by atoms with van der Waals surface area (Å²) in [6.07, 6.45) is 1.53. The van der Waals surface area contributed by atoms with E-state index in [2.05, 4.69) is 20.6 Å². The molecule has 0 aliphatic carbocycles. The summed E-state index contributed by atoms with van der Waals surface area (Å²) in [6.45, 7) is 0.930. The molecule has 0 radical (unpaired) electrons. The lowest BCUT2D eigenvalue weighted by molar-refractivity contribution is 0.331. The van der Waals surface area contributed by atoms with Crippen molar-refractivity contribution < 1.29 is 18.3 Å². The van der Waals surface area contributed by atoms with Gasteiger partial charge in [0.25, 0.3) is 0 Å². The van der Waals surface area contributed by atoms with Gasteiger partial charge in [0.15, 0.2) is 0 Å². The highest BCUT2D eigenvalue weighted by Crippen LogP contribution is 2.19. The summed E-state index contributed by atoms with van der Waals surface area (Å²) in [4.78, 5) is 8.26. The first-order valence-electron chi connectivity index (χ1n) is 8.20. The summed E-state index contributed by atoms with van der Waals surface area (Å²) in [7, 11) is 1.61. The van der Waals surface area contributed by atoms with Gasteiger partial charge >= 0.3 is 0 Å². The van der Waals surface area contributed by atoms with Crippen molar-refractivity contribution in [1.29, 1.82) is 0 Å². The number of halogens is 2. The first-order chi connectivity index (χ1) is 13.1. The predicted molar refractivity (Wildman–Crippen MR) is 98.7 cm³/mol. The zero-order valence-corrected chi connectivity index (χ0v) is 14.6. The van der Waals surface area contributed by atoms with Crippen LogP contribution in [0.3, 0.4) is 0 Å². The summed E-state index contributed by atoms with van der Waals surface area (Å²) in [5.41, 5.74) is 0.0939. The van der Waals surface area contributed by atoms with Crippen LogP contribution in [-0.2, 0) is 0 Å². The number of methoxy groups -OCH3 is 1. The molecular formula is C19H18F2N4O2. The van der Waals surface area contributed by atoms with E-state index in [1.54, 1.807) is 13.2 Å². The van der Waals surface area contributed by atoms with E-state index in [0.29, 0.717) is 19.0 Å². The smallest absolute Gasteiger partial charge is 0.229 e. The van der Waals surface area contributed by atoms with Crippen molar-refractivity contribution in [2.45, 2.75) is 0 Å². The van der Waals surface area contributed by atoms with E-state index >= 15 is 0 Å². The van der Waals surface area contributed by atoms with E-state index in [9.17, 15) is 8.78 Å². The van der Waals surface area contributed by atoms with Crippen LogP contribution in [0.25, 0.3) is 0 Å². The summed E-state index contributed by atoms with van der Waals surface area (Å²) in [5, 5.41) is 5.81. The highest BCUT2D eigenvalue weighted by molar-refractivity contribution is 5.55. The average Bonchev–Trinajstić information content (AvgIpc) is 2.68. The quantitative estimate of drug-likeness (QED) is 0.583. The monoisotopic (exact) mass is 372 g/mol. The van der Waals surface area contributed by atoms with Crippen LogP contribution in [0.15, 0.2) is 54.7 Å². The van der Waals surface area contributed by atoms with Gasteiger partial charge in [0.05, 0.1) is 19.3 Å². The predicted octanol–water partition coefficient (Wildman–Crippen LogP) is 4.00. The standard InChI is InChI=1S/C19H18F2N4O2/c1-26-14-3-5-15(6-4-14)27-11-10-22-18-8-9-23-19(25-18)24-17-7-2-13(20)12-16(17)21/h2-9,12H,10-11H2,1H3,(H2,22,23,24,25). The lowest BCUT2D eigenvalue weighted by atomic mass is 10.3. The lowest BCUT2D eigenvalue weighted by Gasteiger charge is -2.10. The third kappa shape index (κ3) is 5.27. The van der Waals surface area contributed by atoms with Gasteiger partial charge in [0.2, 0.25) is 5.95 Å². The fourth-order valence-electron chi connectivity index (χ4n) is 2.25. The van der Waals surface area contributed by atoms with Crippen LogP contribution in [0.5, 0.6) is 11.5 Å². The van der Waals surface area contributed by atoms with E-state index in [1.165, 1.54) is 12.3 Å². The summed E-state index contributed by atoms with van der Waals surface area (Å²) in [6, 6.07) is 12.2. The fourth-order valence-corrected chi connectivity index (χ4v) is 2.25. The molecule has 0 unspecified atom stereocenters. The topological polar surface area (TPSA) is 68.3 Å². The van der Waals surface area contributed by atoms with Gasteiger partial charge in [0.1, 0.15) is 35.6 Å². The third-order valence-electron chi connectivity index (χ3n) is 3.57. The summed E-state index contributed by atoms with van der Waals surface area (Å²) in [5.74, 6) is 0.875. The Hall–Kier alpha value is -3.42. The van der Waals surface area contributed by atoms with Gasteiger partial charge < -0.3 is 20.1 Å². The van der Waals surface area contributed by atoms with Crippen molar-refractivity contribution in [3.8, 4) is 11.5 Å². The molecule has 140 valence electrons. The highest BCUT2D eigenvalue weighted by atomic mass is 19.1. The second kappa shape index (κ2) is 8.79. The molecule has 0 atom stereocenters. The molecule has 27 heavy (non-hydrogen) atoms. The molecule has 0 bridgehead atoms. The molecule has 0 spiro atoms. The third-order valence-corrected chi connectivity index (χ3v) is 3.57. The largest absolute Gasteiger partial charge is 0.497 e. The zero-order valence-electron chi connectivity index (χ0n) is 14.6. The maximum Gasteiger partial charge on any atom is 0.229 e. The maximum atomic E-state index is 13.7. The second-order valence-corrected chi connectivity index (χ2v) is 5.47. The molecule has 0 aliphatic heterocycles. The number of nitrogens with one attached hydrogen (secondary N) is 2. The van der Waals surface area contributed by atoms with Gasteiger partial charge in [-0.2, -0.15) is 4.98 Å². The first-order valence-corrected chi connectivity index (χ1v) is 8.20. The number of hydrogen-bond acceptors (Lipinski definition) is 6. The van der Waals surface area contributed by atoms with Crippen molar-refractivity contribution in [1.82, 2.24) is 9.97 Å². The van der Waals surface area contributed by atoms with Crippen LogP contribution >= 0.6 is 0 Å². The minimum absolute atomic E-state index is 0.0939. The molecule has 1 heterocycles. The first kappa shape index (κ1) is 18.4. The molecule has 0 saturated carbocycles. The minimum Gasteiger partial charge on any atom is -0.497 e. The number of rotatable bonds is 8. The van der Waals surface area contributed by atoms with Gasteiger partial charge in [-0.25, -0.2) is 13.8 Å². The molecule has 3 aromatic rings. The number of aromatic nitrogens is 2. The van der Waals surface area contributed by atoms with Gasteiger partial charge in [-0.05, 0) is 42.5 Å². The Labute approximate surface area is 155 Å². The molecule has 6 nitrogen and oxygen atoms in total. The minimum atomic E-state index is -0.718. The van der Waals surface area contributed by atoms with E-state index in [4.69, 9.17) is 9.47 Å². The van der Waals surface area contributed by atoms with E-state index < -0.39 is 11.6 Å². The second-order valence-electron chi connectivity index (χ2n) is 5.47. The Morgan fingerprint density at radius 2 is 1.78 bits per heavy atom. The molecule has 2 aromatic carbocycles. The van der Waals surface area contributed by atoms with Gasteiger partial charge in [-0.15, -0.1) is 0 Å². The van der Waals surface area contributed by atoms with Gasteiger partial charge in [-0.1, -0.05) is 0 Å².